The number of anilines is 1. The second kappa shape index (κ2) is 6.89. The zero-order valence-electron chi connectivity index (χ0n) is 12.0. The first kappa shape index (κ1) is 14.3. The van der Waals surface area contributed by atoms with Gasteiger partial charge in [-0.25, -0.2) is 0 Å². The average molecular weight is 306 g/mol. The van der Waals surface area contributed by atoms with Crippen molar-refractivity contribution in [3.63, 3.8) is 0 Å². The van der Waals surface area contributed by atoms with Gasteiger partial charge in [0.2, 0.25) is 5.95 Å². The van der Waals surface area contributed by atoms with E-state index in [1.54, 1.807) is 4.68 Å². The molecule has 5 nitrogen and oxygen atoms in total. The lowest BCUT2D eigenvalue weighted by atomic mass is 9.80. The first-order chi connectivity index (χ1) is 10.4. The Labute approximate surface area is 129 Å². The Bertz CT molecular complexity index is 556. The Morgan fingerprint density at radius 3 is 2.67 bits per heavy atom. The molecule has 1 aliphatic carbocycles. The highest BCUT2D eigenvalue weighted by molar-refractivity contribution is 6.18. The van der Waals surface area contributed by atoms with Crippen molar-refractivity contribution in [2.24, 2.45) is 11.8 Å². The zero-order chi connectivity index (χ0) is 14.5. The summed E-state index contributed by atoms with van der Waals surface area (Å²) in [6.45, 7) is 0.880. The van der Waals surface area contributed by atoms with Gasteiger partial charge in [0, 0.05) is 12.4 Å². The molecule has 2 atom stereocenters. The molecule has 0 spiro atoms. The highest BCUT2D eigenvalue weighted by Gasteiger charge is 2.24. The van der Waals surface area contributed by atoms with Gasteiger partial charge in [0.05, 0.1) is 5.69 Å². The number of nitrogens with one attached hydrogen (secondary N) is 1. The molecule has 0 aliphatic heterocycles. The fraction of sp³-hybridized carbons (Fsp3) is 0.533. The van der Waals surface area contributed by atoms with Gasteiger partial charge in [-0.15, -0.1) is 11.6 Å². The lowest BCUT2D eigenvalue weighted by molar-refractivity contribution is 0.271. The minimum Gasteiger partial charge on any atom is -0.352 e. The molecule has 21 heavy (non-hydrogen) atoms. The molecule has 1 saturated carbocycles. The number of nitrogens with zero attached hydrogens (tertiary/aromatic N) is 4. The standard InChI is InChI=1S/C15H20ClN5/c16-10-12-6-4-5-7-13(12)11-17-15-18-19-20-21(15)14-8-2-1-3-9-14/h1-3,8-9,12-13H,4-7,10-11H2,(H,17,18,20). The third-order valence-corrected chi connectivity index (χ3v) is 4.65. The summed E-state index contributed by atoms with van der Waals surface area (Å²) in [6, 6.07) is 9.92. The van der Waals surface area contributed by atoms with Crippen molar-refractivity contribution in [2.75, 3.05) is 17.7 Å². The maximum atomic E-state index is 6.09. The fourth-order valence-corrected chi connectivity index (χ4v) is 3.43. The number of hydrogen-bond acceptors (Lipinski definition) is 4. The number of aromatic nitrogens is 4. The van der Waals surface area contributed by atoms with Crippen molar-refractivity contribution in [1.29, 1.82) is 0 Å². The summed E-state index contributed by atoms with van der Waals surface area (Å²) >= 11 is 6.09. The molecule has 3 rings (SSSR count). The monoisotopic (exact) mass is 305 g/mol. The number of halogens is 1. The van der Waals surface area contributed by atoms with E-state index < -0.39 is 0 Å². The molecule has 2 unspecified atom stereocenters. The largest absolute Gasteiger partial charge is 0.352 e. The van der Waals surface area contributed by atoms with E-state index in [4.69, 9.17) is 11.6 Å². The molecule has 1 heterocycles. The van der Waals surface area contributed by atoms with Crippen molar-refractivity contribution in [2.45, 2.75) is 25.7 Å². The van der Waals surface area contributed by atoms with Crippen LogP contribution in [0.1, 0.15) is 25.7 Å². The molecule has 1 fully saturated rings. The Balaban J connectivity index is 1.67. The van der Waals surface area contributed by atoms with Crippen LogP contribution in [-0.4, -0.2) is 32.6 Å². The molecule has 1 aromatic carbocycles. The van der Waals surface area contributed by atoms with Gasteiger partial charge >= 0.3 is 0 Å². The van der Waals surface area contributed by atoms with Gasteiger partial charge in [0.25, 0.3) is 0 Å². The molecular formula is C15H20ClN5. The molecule has 1 aliphatic rings. The fourth-order valence-electron chi connectivity index (χ4n) is 3.02. The molecule has 0 saturated heterocycles. The van der Waals surface area contributed by atoms with Gasteiger partial charge < -0.3 is 5.32 Å². The Morgan fingerprint density at radius 2 is 1.90 bits per heavy atom. The van der Waals surface area contributed by atoms with E-state index in [2.05, 4.69) is 20.8 Å². The first-order valence-electron chi connectivity index (χ1n) is 7.52. The Hall–Kier alpha value is -1.62. The molecule has 6 heteroatoms. The molecular weight excluding hydrogens is 286 g/mol. The van der Waals surface area contributed by atoms with Crippen LogP contribution in [-0.2, 0) is 0 Å². The van der Waals surface area contributed by atoms with Crippen LogP contribution in [0.15, 0.2) is 30.3 Å². The molecule has 112 valence electrons. The SMILES string of the molecule is ClCC1CCCCC1CNc1nnnn1-c1ccccc1. The number of alkyl halides is 1. The van der Waals surface area contributed by atoms with Crippen molar-refractivity contribution in [3.8, 4) is 5.69 Å². The predicted octanol–water partition coefficient (Wildman–Crippen LogP) is 3.12. The van der Waals surface area contributed by atoms with Crippen LogP contribution in [0.2, 0.25) is 0 Å². The van der Waals surface area contributed by atoms with Gasteiger partial charge in [0.15, 0.2) is 0 Å². The van der Waals surface area contributed by atoms with Crippen LogP contribution in [0.25, 0.3) is 5.69 Å². The van der Waals surface area contributed by atoms with Crippen LogP contribution < -0.4 is 5.32 Å². The van der Waals surface area contributed by atoms with E-state index in [-0.39, 0.29) is 0 Å². The van der Waals surface area contributed by atoms with Crippen LogP contribution in [0.5, 0.6) is 0 Å². The lowest BCUT2D eigenvalue weighted by Crippen LogP contribution is -2.28. The number of tetrazole rings is 1. The van der Waals surface area contributed by atoms with Gasteiger partial charge in [-0.05, 0) is 47.2 Å². The summed E-state index contributed by atoms with van der Waals surface area (Å²) in [6.07, 6.45) is 5.07. The quantitative estimate of drug-likeness (QED) is 0.862. The van der Waals surface area contributed by atoms with Crippen molar-refractivity contribution in [1.82, 2.24) is 20.2 Å². The molecule has 0 bridgehead atoms. The number of benzene rings is 1. The van der Waals surface area contributed by atoms with Crippen molar-refractivity contribution < 1.29 is 0 Å². The zero-order valence-corrected chi connectivity index (χ0v) is 12.7. The second-order valence-corrected chi connectivity index (χ2v) is 5.90. The molecule has 0 radical (unpaired) electrons. The minimum atomic E-state index is 0.606. The minimum absolute atomic E-state index is 0.606. The van der Waals surface area contributed by atoms with Crippen LogP contribution in [0.4, 0.5) is 5.95 Å². The molecule has 0 amide bonds. The summed E-state index contributed by atoms with van der Waals surface area (Å²) in [5.41, 5.74) is 0.961. The first-order valence-corrected chi connectivity index (χ1v) is 8.05. The number of para-hydroxylation sites is 1. The Kier molecular flexibility index (Phi) is 4.70. The number of hydrogen-bond donors (Lipinski definition) is 1. The highest BCUT2D eigenvalue weighted by Crippen LogP contribution is 2.31. The second-order valence-electron chi connectivity index (χ2n) is 5.59. The Morgan fingerprint density at radius 1 is 1.14 bits per heavy atom. The molecule has 1 N–H and O–H groups in total. The third-order valence-electron chi connectivity index (χ3n) is 4.26. The van der Waals surface area contributed by atoms with E-state index in [9.17, 15) is 0 Å². The van der Waals surface area contributed by atoms with Gasteiger partial charge in [-0.3, -0.25) is 0 Å². The maximum Gasteiger partial charge on any atom is 0.247 e. The van der Waals surface area contributed by atoms with Gasteiger partial charge in [-0.2, -0.15) is 4.68 Å². The lowest BCUT2D eigenvalue weighted by Gasteiger charge is -2.30. The topological polar surface area (TPSA) is 55.6 Å². The maximum absolute atomic E-state index is 6.09. The summed E-state index contributed by atoms with van der Waals surface area (Å²) in [5.74, 6) is 2.65. The summed E-state index contributed by atoms with van der Waals surface area (Å²) in [7, 11) is 0. The predicted molar refractivity (Wildman–Crippen MR) is 83.8 cm³/mol. The molecule has 1 aromatic heterocycles. The van der Waals surface area contributed by atoms with Gasteiger partial charge in [0.1, 0.15) is 0 Å². The smallest absolute Gasteiger partial charge is 0.247 e. The van der Waals surface area contributed by atoms with Crippen LogP contribution in [0, 0.1) is 11.8 Å². The highest BCUT2D eigenvalue weighted by atomic mass is 35.5. The number of rotatable bonds is 5. The van der Waals surface area contributed by atoms with E-state index in [1.807, 2.05) is 30.3 Å². The van der Waals surface area contributed by atoms with Crippen molar-refractivity contribution >= 4 is 17.5 Å². The average Bonchev–Trinajstić information content (AvgIpc) is 3.02. The third kappa shape index (κ3) is 3.35. The summed E-state index contributed by atoms with van der Waals surface area (Å²) in [4.78, 5) is 0. The van der Waals surface area contributed by atoms with E-state index in [0.29, 0.717) is 17.8 Å². The van der Waals surface area contributed by atoms with E-state index in [1.165, 1.54) is 25.7 Å². The van der Waals surface area contributed by atoms with E-state index >= 15 is 0 Å². The van der Waals surface area contributed by atoms with Gasteiger partial charge in [-0.1, -0.05) is 36.1 Å². The van der Waals surface area contributed by atoms with Crippen molar-refractivity contribution in [3.05, 3.63) is 30.3 Å². The van der Waals surface area contributed by atoms with Crippen LogP contribution in [0.3, 0.4) is 0 Å². The van der Waals surface area contributed by atoms with Crippen LogP contribution >= 0.6 is 11.6 Å². The molecule has 2 aromatic rings. The van der Waals surface area contributed by atoms with E-state index in [0.717, 1.165) is 18.1 Å². The summed E-state index contributed by atoms with van der Waals surface area (Å²) < 4.78 is 1.73. The summed E-state index contributed by atoms with van der Waals surface area (Å²) in [5, 5.41) is 15.3. The normalized spacial score (nSPS) is 22.1.